The van der Waals surface area contributed by atoms with Gasteiger partial charge in [0.25, 0.3) is 0 Å². The van der Waals surface area contributed by atoms with Gasteiger partial charge in [-0.3, -0.25) is 0 Å². The van der Waals surface area contributed by atoms with Crippen LogP contribution >= 0.6 is 7.26 Å². The van der Waals surface area contributed by atoms with Crippen LogP contribution in [0.15, 0.2) is 146 Å². The van der Waals surface area contributed by atoms with E-state index in [-0.39, 0.29) is 17.0 Å². The standard InChI is InChI=1S/C33H26P.BrH/c1-4-15-28(16-5-1)34(29-17-6-2-7-18-29,30-19-8-3-9-20-30)25-27-24-26-14-10-11-21-31(26)33-23-13-12-22-32(27)33;/h1-24H,25H2;1H/q+1;/p-1. The maximum atomic E-state index is 2.43. The van der Waals surface area contributed by atoms with Crippen LogP contribution in [0.25, 0.3) is 21.5 Å². The number of fused-ring (bicyclic) bond motifs is 3. The van der Waals surface area contributed by atoms with Gasteiger partial charge in [0.2, 0.25) is 0 Å². The minimum absolute atomic E-state index is 0. The molecular formula is C33H26BrP. The Bertz CT molecular complexity index is 1460. The number of rotatable bonds is 5. The molecule has 0 atom stereocenters. The molecule has 0 heterocycles. The van der Waals surface area contributed by atoms with Crippen molar-refractivity contribution < 1.29 is 17.0 Å². The minimum atomic E-state index is -1.96. The average molecular weight is 533 g/mol. The van der Waals surface area contributed by atoms with Crippen LogP contribution < -0.4 is 32.9 Å². The first-order chi connectivity index (χ1) is 16.9. The SMILES string of the molecule is [Br-].c1ccc([P+](Cc2cc3ccccc3c3ccccc23)(c2ccccc2)c2ccccc2)cc1. The molecule has 0 saturated carbocycles. The van der Waals surface area contributed by atoms with Crippen LogP contribution in [0.1, 0.15) is 5.56 Å². The van der Waals surface area contributed by atoms with Gasteiger partial charge in [-0.15, -0.1) is 0 Å². The molecule has 0 nitrogen and oxygen atoms in total. The smallest absolute Gasteiger partial charge is 0.116 e. The lowest BCUT2D eigenvalue weighted by atomic mass is 9.98. The van der Waals surface area contributed by atoms with Gasteiger partial charge in [0.05, 0.1) is 6.16 Å². The first-order valence-corrected chi connectivity index (χ1v) is 13.8. The Labute approximate surface area is 218 Å². The lowest BCUT2D eigenvalue weighted by Gasteiger charge is -2.28. The fourth-order valence-electron chi connectivity index (χ4n) is 5.29. The highest BCUT2D eigenvalue weighted by atomic mass is 79.9. The molecule has 0 unspecified atom stereocenters. The number of hydrogen-bond acceptors (Lipinski definition) is 0. The summed E-state index contributed by atoms with van der Waals surface area (Å²) < 4.78 is 0. The minimum Gasteiger partial charge on any atom is -1.00 e. The third-order valence-electron chi connectivity index (χ3n) is 6.85. The third kappa shape index (κ3) is 4.20. The van der Waals surface area contributed by atoms with Crippen LogP contribution in [0.5, 0.6) is 0 Å². The molecule has 0 fully saturated rings. The van der Waals surface area contributed by atoms with Crippen LogP contribution in [0.4, 0.5) is 0 Å². The third-order valence-corrected chi connectivity index (χ3v) is 11.2. The molecular weight excluding hydrogens is 507 g/mol. The summed E-state index contributed by atoms with van der Waals surface area (Å²) in [5.41, 5.74) is 1.42. The quantitative estimate of drug-likeness (QED) is 0.226. The van der Waals surface area contributed by atoms with Gasteiger partial charge >= 0.3 is 0 Å². The topological polar surface area (TPSA) is 0 Å². The van der Waals surface area contributed by atoms with Crippen molar-refractivity contribution in [3.05, 3.63) is 151 Å². The molecule has 0 bridgehead atoms. The van der Waals surface area contributed by atoms with Crippen LogP contribution in [-0.4, -0.2) is 0 Å². The zero-order valence-electron chi connectivity index (χ0n) is 19.4. The van der Waals surface area contributed by atoms with Crippen molar-refractivity contribution in [1.82, 2.24) is 0 Å². The highest BCUT2D eigenvalue weighted by Crippen LogP contribution is 2.58. The predicted octanol–water partition coefficient (Wildman–Crippen LogP) is 4.49. The Balaban J connectivity index is 0.00000253. The first kappa shape index (κ1) is 23.5. The molecule has 6 rings (SSSR count). The molecule has 6 aromatic rings. The second-order valence-corrected chi connectivity index (χ2v) is 12.3. The van der Waals surface area contributed by atoms with Gasteiger partial charge in [0.15, 0.2) is 0 Å². The van der Waals surface area contributed by atoms with Crippen molar-refractivity contribution >= 4 is 44.7 Å². The summed E-state index contributed by atoms with van der Waals surface area (Å²) in [7, 11) is -1.96. The van der Waals surface area contributed by atoms with E-state index in [1.807, 2.05) is 0 Å². The van der Waals surface area contributed by atoms with E-state index in [4.69, 9.17) is 0 Å². The Morgan fingerprint density at radius 2 is 0.800 bits per heavy atom. The van der Waals surface area contributed by atoms with E-state index >= 15 is 0 Å². The summed E-state index contributed by atoms with van der Waals surface area (Å²) in [6.07, 6.45) is 0.983. The molecule has 2 heteroatoms. The van der Waals surface area contributed by atoms with Crippen LogP contribution in [0.3, 0.4) is 0 Å². The summed E-state index contributed by atoms with van der Waals surface area (Å²) in [6.45, 7) is 0. The number of benzene rings is 6. The van der Waals surface area contributed by atoms with Crippen LogP contribution in [0, 0.1) is 0 Å². The van der Waals surface area contributed by atoms with Gasteiger partial charge in [-0.05, 0) is 69.6 Å². The van der Waals surface area contributed by atoms with Gasteiger partial charge in [0.1, 0.15) is 23.2 Å². The van der Waals surface area contributed by atoms with Crippen molar-refractivity contribution in [3.8, 4) is 0 Å². The Kier molecular flexibility index (Phi) is 6.82. The zero-order chi connectivity index (χ0) is 22.8. The summed E-state index contributed by atoms with van der Waals surface area (Å²) in [4.78, 5) is 0. The molecule has 0 radical (unpaired) electrons. The molecule has 0 amide bonds. The molecule has 170 valence electrons. The molecule has 0 spiro atoms. The van der Waals surface area contributed by atoms with Gasteiger partial charge in [-0.2, -0.15) is 0 Å². The van der Waals surface area contributed by atoms with Crippen molar-refractivity contribution in [1.29, 1.82) is 0 Å². The normalized spacial score (nSPS) is 11.3. The molecule has 0 aromatic heterocycles. The van der Waals surface area contributed by atoms with E-state index in [1.165, 1.54) is 43.0 Å². The van der Waals surface area contributed by atoms with Crippen molar-refractivity contribution in [2.24, 2.45) is 0 Å². The molecule has 0 saturated heterocycles. The maximum Gasteiger partial charge on any atom is 0.116 e. The Morgan fingerprint density at radius 3 is 1.31 bits per heavy atom. The lowest BCUT2D eigenvalue weighted by molar-refractivity contribution is -0.00000641. The molecule has 0 aliphatic rings. The largest absolute Gasteiger partial charge is 1.00 e. The molecule has 6 aromatic carbocycles. The van der Waals surface area contributed by atoms with E-state index in [1.54, 1.807) is 0 Å². The molecule has 0 N–H and O–H groups in total. The summed E-state index contributed by atoms with van der Waals surface area (Å²) in [5.74, 6) is 0. The monoisotopic (exact) mass is 532 g/mol. The fraction of sp³-hybridized carbons (Fsp3) is 0.0303. The van der Waals surface area contributed by atoms with Crippen molar-refractivity contribution in [2.45, 2.75) is 6.16 Å². The average Bonchev–Trinajstić information content (AvgIpc) is 2.93. The highest BCUT2D eigenvalue weighted by Gasteiger charge is 2.45. The van der Waals surface area contributed by atoms with E-state index in [0.29, 0.717) is 0 Å². The summed E-state index contributed by atoms with van der Waals surface area (Å²) in [6, 6.07) is 53.6. The van der Waals surface area contributed by atoms with E-state index in [2.05, 4.69) is 146 Å². The maximum absolute atomic E-state index is 2.43. The lowest BCUT2D eigenvalue weighted by Crippen LogP contribution is -3.00. The summed E-state index contributed by atoms with van der Waals surface area (Å²) >= 11 is 0. The van der Waals surface area contributed by atoms with E-state index in [0.717, 1.165) is 6.16 Å². The van der Waals surface area contributed by atoms with Gasteiger partial charge < -0.3 is 17.0 Å². The second-order valence-electron chi connectivity index (χ2n) is 8.78. The Hall–Kier alpha value is -3.25. The fourth-order valence-corrected chi connectivity index (χ4v) is 9.54. The van der Waals surface area contributed by atoms with Crippen LogP contribution in [0.2, 0.25) is 0 Å². The summed E-state index contributed by atoms with van der Waals surface area (Å²) in [5, 5.41) is 9.59. The first-order valence-electron chi connectivity index (χ1n) is 11.8. The molecule has 0 aliphatic carbocycles. The molecule has 0 aliphatic heterocycles. The second kappa shape index (κ2) is 10.2. The number of halogens is 1. The van der Waals surface area contributed by atoms with Crippen molar-refractivity contribution in [3.63, 3.8) is 0 Å². The predicted molar refractivity (Wildman–Crippen MR) is 150 cm³/mol. The number of hydrogen-bond donors (Lipinski definition) is 0. The van der Waals surface area contributed by atoms with E-state index < -0.39 is 7.26 Å². The van der Waals surface area contributed by atoms with Gasteiger partial charge in [0, 0.05) is 0 Å². The van der Waals surface area contributed by atoms with E-state index in [9.17, 15) is 0 Å². The highest BCUT2D eigenvalue weighted by molar-refractivity contribution is 7.95. The van der Waals surface area contributed by atoms with Crippen molar-refractivity contribution in [2.75, 3.05) is 0 Å². The Morgan fingerprint density at radius 1 is 0.400 bits per heavy atom. The van der Waals surface area contributed by atoms with Gasteiger partial charge in [-0.1, -0.05) is 103 Å². The zero-order valence-corrected chi connectivity index (χ0v) is 21.9. The van der Waals surface area contributed by atoms with Gasteiger partial charge in [-0.25, -0.2) is 0 Å². The molecule has 35 heavy (non-hydrogen) atoms. The van der Waals surface area contributed by atoms with Crippen LogP contribution in [-0.2, 0) is 6.16 Å².